The number of aromatic nitrogens is 1. The number of rotatable bonds is 4. The van der Waals surface area contributed by atoms with Gasteiger partial charge in [-0.3, -0.25) is 14.6 Å². The van der Waals surface area contributed by atoms with Crippen LogP contribution >= 0.6 is 0 Å². The van der Waals surface area contributed by atoms with Crippen molar-refractivity contribution < 1.29 is 32.6 Å². The van der Waals surface area contributed by atoms with Gasteiger partial charge in [-0.2, -0.15) is 0 Å². The number of halogens is 2. The first-order valence-corrected chi connectivity index (χ1v) is 13.4. The second-order valence-corrected chi connectivity index (χ2v) is 10.2. The van der Waals surface area contributed by atoms with Crippen molar-refractivity contribution in [2.45, 2.75) is 26.0 Å². The van der Waals surface area contributed by atoms with Crippen LogP contribution in [0.4, 0.5) is 25.0 Å². The van der Waals surface area contributed by atoms with Crippen molar-refractivity contribution in [2.75, 3.05) is 44.5 Å². The summed E-state index contributed by atoms with van der Waals surface area (Å²) in [7, 11) is 3.18. The number of carbonyl (C=O) groups is 3. The first-order chi connectivity index (χ1) is 20.1. The summed E-state index contributed by atoms with van der Waals surface area (Å²) >= 11 is 0. The first kappa shape index (κ1) is 30.4. The molecule has 1 aliphatic rings. The normalized spacial score (nSPS) is 19.6. The highest BCUT2D eigenvalue weighted by Gasteiger charge is 2.31. The van der Waals surface area contributed by atoms with Gasteiger partial charge in [-0.1, -0.05) is 13.0 Å². The Balaban J connectivity index is 1.61. The van der Waals surface area contributed by atoms with Crippen molar-refractivity contribution in [1.29, 1.82) is 0 Å². The Bertz CT molecular complexity index is 1440. The number of pyridine rings is 1. The molecule has 2 N–H and O–H groups in total. The molecule has 10 nitrogen and oxygen atoms in total. The van der Waals surface area contributed by atoms with E-state index in [9.17, 15) is 23.2 Å². The second-order valence-electron chi connectivity index (χ2n) is 10.2. The Kier molecular flexibility index (Phi) is 9.68. The summed E-state index contributed by atoms with van der Waals surface area (Å²) in [5, 5.41) is 4.79. The second kappa shape index (κ2) is 13.4. The van der Waals surface area contributed by atoms with E-state index in [4.69, 9.17) is 9.47 Å². The minimum Gasteiger partial charge on any atom is -0.491 e. The van der Waals surface area contributed by atoms with Crippen molar-refractivity contribution >= 4 is 29.2 Å². The molecule has 42 heavy (non-hydrogen) atoms. The largest absolute Gasteiger partial charge is 0.491 e. The van der Waals surface area contributed by atoms with E-state index >= 15 is 0 Å². The number of fused-ring (bicyclic) bond motifs is 1. The lowest BCUT2D eigenvalue weighted by molar-refractivity contribution is 0.0109. The van der Waals surface area contributed by atoms with E-state index in [1.54, 1.807) is 43.5 Å². The van der Waals surface area contributed by atoms with Crippen LogP contribution in [0.15, 0.2) is 60.8 Å². The van der Waals surface area contributed by atoms with Gasteiger partial charge < -0.3 is 29.9 Å². The molecule has 2 heterocycles. The number of hydrogen-bond acceptors (Lipinski definition) is 6. The molecule has 0 radical (unpaired) electrons. The summed E-state index contributed by atoms with van der Waals surface area (Å²) in [6, 6.07) is 11.1. The standard InChI is InChI=1S/C30H33F2N5O5/c1-18-15-37(29(39)24-7-5-6-12-33-24)19(2)17-42-26-11-9-21(14-22(26)28(38)36(3)16-27(18)41-4)34-30(40)35-25-13-20(31)8-10-23(25)32/h5-14,18-19,27H,15-17H2,1-4H3,(H2,34,35,40)/t18-,19-,27-/m0/s1. The molecule has 0 saturated carbocycles. The van der Waals surface area contributed by atoms with E-state index in [1.807, 2.05) is 13.8 Å². The topological polar surface area (TPSA) is 113 Å². The average molecular weight is 582 g/mol. The Morgan fingerprint density at radius 2 is 1.83 bits per heavy atom. The summed E-state index contributed by atoms with van der Waals surface area (Å²) in [6.07, 6.45) is 1.16. The molecule has 4 amide bonds. The van der Waals surface area contributed by atoms with Gasteiger partial charge in [0.1, 0.15) is 29.7 Å². The molecule has 0 spiro atoms. The van der Waals surface area contributed by atoms with Gasteiger partial charge in [0, 0.05) is 51.1 Å². The van der Waals surface area contributed by atoms with Gasteiger partial charge in [0.25, 0.3) is 11.8 Å². The number of ether oxygens (including phenoxy) is 2. The summed E-state index contributed by atoms with van der Waals surface area (Å²) in [6.45, 7) is 4.42. The number of carbonyl (C=O) groups excluding carboxylic acids is 3. The van der Waals surface area contributed by atoms with Crippen molar-refractivity contribution in [1.82, 2.24) is 14.8 Å². The monoisotopic (exact) mass is 581 g/mol. The Hall–Kier alpha value is -4.58. The zero-order chi connectivity index (χ0) is 30.4. The SMILES string of the molecule is CO[C@H]1CN(C)C(=O)c2cc(NC(=O)Nc3cc(F)ccc3F)ccc2OC[C@H](C)N(C(=O)c2ccccn2)C[C@@H]1C. The number of nitrogens with zero attached hydrogens (tertiary/aromatic N) is 3. The molecule has 0 saturated heterocycles. The third-order valence-corrected chi connectivity index (χ3v) is 7.02. The predicted octanol–water partition coefficient (Wildman–Crippen LogP) is 4.65. The number of likely N-dealkylation sites (N-methyl/N-ethyl adjacent to an activating group) is 1. The molecule has 222 valence electrons. The Labute approximate surface area is 242 Å². The maximum atomic E-state index is 14.0. The van der Waals surface area contributed by atoms with Gasteiger partial charge in [0.05, 0.1) is 23.4 Å². The molecule has 2 aromatic carbocycles. The number of amides is 4. The van der Waals surface area contributed by atoms with Crippen LogP contribution in [-0.2, 0) is 4.74 Å². The summed E-state index contributed by atoms with van der Waals surface area (Å²) in [5.41, 5.74) is 0.344. The predicted molar refractivity (Wildman–Crippen MR) is 153 cm³/mol. The van der Waals surface area contributed by atoms with Crippen LogP contribution in [0.25, 0.3) is 0 Å². The molecule has 1 aromatic heterocycles. The van der Waals surface area contributed by atoms with Crippen LogP contribution in [-0.4, -0.2) is 78.6 Å². The summed E-state index contributed by atoms with van der Waals surface area (Å²) < 4.78 is 39.3. The lowest BCUT2D eigenvalue weighted by atomic mass is 10.0. The van der Waals surface area contributed by atoms with Gasteiger partial charge in [-0.25, -0.2) is 13.6 Å². The van der Waals surface area contributed by atoms with E-state index in [1.165, 1.54) is 23.1 Å². The van der Waals surface area contributed by atoms with Gasteiger partial charge >= 0.3 is 6.03 Å². The molecule has 0 unspecified atom stereocenters. The molecule has 4 rings (SSSR count). The molecular formula is C30H33F2N5O5. The fraction of sp³-hybridized carbons (Fsp3) is 0.333. The molecule has 3 atom stereocenters. The molecule has 0 aliphatic carbocycles. The van der Waals surface area contributed by atoms with Crippen LogP contribution in [0.5, 0.6) is 5.75 Å². The Morgan fingerprint density at radius 1 is 1.05 bits per heavy atom. The van der Waals surface area contributed by atoms with Gasteiger partial charge in [-0.15, -0.1) is 0 Å². The van der Waals surface area contributed by atoms with Crippen molar-refractivity contribution in [2.24, 2.45) is 5.92 Å². The zero-order valence-corrected chi connectivity index (χ0v) is 23.8. The summed E-state index contributed by atoms with van der Waals surface area (Å²) in [5.74, 6) is -2.06. The minimum absolute atomic E-state index is 0.0685. The number of urea groups is 1. The number of anilines is 2. The number of nitrogens with one attached hydrogen (secondary N) is 2. The molecule has 0 bridgehead atoms. The lowest BCUT2D eigenvalue weighted by Crippen LogP contribution is -2.48. The molecule has 1 aliphatic heterocycles. The number of methoxy groups -OCH3 is 1. The highest BCUT2D eigenvalue weighted by Crippen LogP contribution is 2.27. The molecule has 0 fully saturated rings. The van der Waals surface area contributed by atoms with Crippen molar-refractivity contribution in [3.63, 3.8) is 0 Å². The van der Waals surface area contributed by atoms with E-state index < -0.39 is 29.8 Å². The van der Waals surface area contributed by atoms with E-state index in [0.29, 0.717) is 12.2 Å². The third-order valence-electron chi connectivity index (χ3n) is 7.02. The van der Waals surface area contributed by atoms with Gasteiger partial charge in [0.15, 0.2) is 0 Å². The zero-order valence-electron chi connectivity index (χ0n) is 23.8. The third kappa shape index (κ3) is 7.19. The van der Waals surface area contributed by atoms with Crippen LogP contribution < -0.4 is 15.4 Å². The van der Waals surface area contributed by atoms with E-state index in [0.717, 1.165) is 18.2 Å². The first-order valence-electron chi connectivity index (χ1n) is 13.4. The molecular weight excluding hydrogens is 548 g/mol. The fourth-order valence-corrected chi connectivity index (χ4v) is 4.65. The number of hydrogen-bond donors (Lipinski definition) is 2. The fourth-order valence-electron chi connectivity index (χ4n) is 4.65. The van der Waals surface area contributed by atoms with E-state index in [-0.39, 0.29) is 53.6 Å². The Morgan fingerprint density at radius 3 is 2.55 bits per heavy atom. The molecule has 12 heteroatoms. The van der Waals surface area contributed by atoms with Crippen LogP contribution in [0.2, 0.25) is 0 Å². The highest BCUT2D eigenvalue weighted by atomic mass is 19.1. The molecule has 3 aromatic rings. The van der Waals surface area contributed by atoms with E-state index in [2.05, 4.69) is 15.6 Å². The maximum Gasteiger partial charge on any atom is 0.323 e. The van der Waals surface area contributed by atoms with Crippen molar-refractivity contribution in [3.05, 3.63) is 83.7 Å². The lowest BCUT2D eigenvalue weighted by Gasteiger charge is -2.36. The number of benzene rings is 2. The van der Waals surface area contributed by atoms with Crippen molar-refractivity contribution in [3.8, 4) is 5.75 Å². The summed E-state index contributed by atoms with van der Waals surface area (Å²) in [4.78, 5) is 47.0. The quantitative estimate of drug-likeness (QED) is 0.464. The van der Waals surface area contributed by atoms with Crippen LogP contribution in [0, 0.1) is 17.6 Å². The van der Waals surface area contributed by atoms with Gasteiger partial charge in [0.2, 0.25) is 0 Å². The minimum atomic E-state index is -0.833. The van der Waals surface area contributed by atoms with Crippen LogP contribution in [0.1, 0.15) is 34.7 Å². The highest BCUT2D eigenvalue weighted by molar-refractivity contribution is 6.02. The van der Waals surface area contributed by atoms with Crippen LogP contribution in [0.3, 0.4) is 0 Å². The van der Waals surface area contributed by atoms with Gasteiger partial charge in [-0.05, 0) is 49.4 Å². The smallest absolute Gasteiger partial charge is 0.323 e. The average Bonchev–Trinajstić information content (AvgIpc) is 2.98. The maximum absolute atomic E-state index is 14.0.